The van der Waals surface area contributed by atoms with Gasteiger partial charge in [0.15, 0.2) is 0 Å². The molecule has 5 heteroatoms. The van der Waals surface area contributed by atoms with Crippen molar-refractivity contribution in [2.24, 2.45) is 5.92 Å². The molecule has 2 rings (SSSR count). The summed E-state index contributed by atoms with van der Waals surface area (Å²) in [4.78, 5) is 15.4. The molecule has 2 aliphatic rings. The molecule has 1 unspecified atom stereocenters. The highest BCUT2D eigenvalue weighted by Crippen LogP contribution is 2.29. The van der Waals surface area contributed by atoms with Gasteiger partial charge in [-0.05, 0) is 32.6 Å². The molecule has 0 amide bonds. The first-order valence-electron chi connectivity index (χ1n) is 7.34. The average Bonchev–Trinajstić information content (AvgIpc) is 3.12. The molecule has 0 aromatic heterocycles. The normalized spacial score (nSPS) is 25.2. The van der Waals surface area contributed by atoms with Crippen LogP contribution in [0.25, 0.3) is 0 Å². The molecule has 1 atom stereocenters. The highest BCUT2D eigenvalue weighted by molar-refractivity contribution is 5.69. The Labute approximate surface area is 115 Å². The van der Waals surface area contributed by atoms with Crippen LogP contribution in [0.15, 0.2) is 0 Å². The third kappa shape index (κ3) is 5.09. The first kappa shape index (κ1) is 14.8. The SMILES string of the molecule is CC(C)N1CCOC(CN(CC(=O)O)CC2CC2)C1. The Morgan fingerprint density at radius 3 is 2.74 bits per heavy atom. The van der Waals surface area contributed by atoms with Gasteiger partial charge in [-0.25, -0.2) is 0 Å². The Morgan fingerprint density at radius 2 is 2.16 bits per heavy atom. The molecule has 2 fully saturated rings. The molecule has 0 radical (unpaired) electrons. The number of rotatable bonds is 7. The molecule has 1 saturated heterocycles. The maximum atomic E-state index is 10.9. The van der Waals surface area contributed by atoms with Crippen molar-refractivity contribution in [3.05, 3.63) is 0 Å². The van der Waals surface area contributed by atoms with Gasteiger partial charge in [0.1, 0.15) is 0 Å². The van der Waals surface area contributed by atoms with Gasteiger partial charge in [0.05, 0.1) is 19.3 Å². The Morgan fingerprint density at radius 1 is 1.42 bits per heavy atom. The molecule has 1 heterocycles. The van der Waals surface area contributed by atoms with Crippen molar-refractivity contribution in [2.45, 2.75) is 38.8 Å². The molecule has 1 N–H and O–H groups in total. The van der Waals surface area contributed by atoms with Crippen LogP contribution in [0.2, 0.25) is 0 Å². The summed E-state index contributed by atoms with van der Waals surface area (Å²) in [5.41, 5.74) is 0. The second kappa shape index (κ2) is 6.68. The Bertz CT molecular complexity index is 305. The molecule has 1 aliphatic heterocycles. The van der Waals surface area contributed by atoms with Crippen molar-refractivity contribution in [1.29, 1.82) is 0 Å². The Balaban J connectivity index is 1.82. The van der Waals surface area contributed by atoms with Gasteiger partial charge in [0.25, 0.3) is 0 Å². The van der Waals surface area contributed by atoms with Crippen LogP contribution in [-0.2, 0) is 9.53 Å². The van der Waals surface area contributed by atoms with Crippen LogP contribution < -0.4 is 0 Å². The maximum absolute atomic E-state index is 10.9. The number of carboxylic acids is 1. The zero-order valence-electron chi connectivity index (χ0n) is 12.0. The van der Waals surface area contributed by atoms with Crippen molar-refractivity contribution in [2.75, 3.05) is 39.3 Å². The van der Waals surface area contributed by atoms with E-state index in [0.29, 0.717) is 12.0 Å². The van der Waals surface area contributed by atoms with Gasteiger partial charge in [-0.2, -0.15) is 0 Å². The van der Waals surface area contributed by atoms with Crippen molar-refractivity contribution < 1.29 is 14.6 Å². The third-order valence-corrected chi connectivity index (χ3v) is 3.93. The Kier molecular flexibility index (Phi) is 5.19. The predicted molar refractivity (Wildman–Crippen MR) is 73.2 cm³/mol. The Hall–Kier alpha value is -0.650. The molecule has 5 nitrogen and oxygen atoms in total. The van der Waals surface area contributed by atoms with E-state index in [1.165, 1.54) is 12.8 Å². The first-order valence-corrected chi connectivity index (χ1v) is 7.34. The minimum absolute atomic E-state index is 0.137. The molecular weight excluding hydrogens is 244 g/mol. The van der Waals surface area contributed by atoms with Crippen molar-refractivity contribution >= 4 is 5.97 Å². The second-order valence-corrected chi connectivity index (χ2v) is 6.11. The lowest BCUT2D eigenvalue weighted by Gasteiger charge is -2.37. The van der Waals surface area contributed by atoms with Crippen LogP contribution in [0.4, 0.5) is 0 Å². The van der Waals surface area contributed by atoms with E-state index in [4.69, 9.17) is 9.84 Å². The molecule has 110 valence electrons. The number of ether oxygens (including phenoxy) is 1. The quantitative estimate of drug-likeness (QED) is 0.744. The summed E-state index contributed by atoms with van der Waals surface area (Å²) in [6.45, 7) is 8.84. The zero-order chi connectivity index (χ0) is 13.8. The van der Waals surface area contributed by atoms with E-state index < -0.39 is 5.97 Å². The van der Waals surface area contributed by atoms with Gasteiger partial charge in [0.2, 0.25) is 0 Å². The maximum Gasteiger partial charge on any atom is 0.317 e. The highest BCUT2D eigenvalue weighted by Gasteiger charge is 2.29. The van der Waals surface area contributed by atoms with Gasteiger partial charge in [-0.15, -0.1) is 0 Å². The lowest BCUT2D eigenvalue weighted by molar-refractivity contribution is -0.139. The fourth-order valence-corrected chi connectivity index (χ4v) is 2.67. The van der Waals surface area contributed by atoms with E-state index in [9.17, 15) is 4.79 Å². The van der Waals surface area contributed by atoms with E-state index in [2.05, 4.69) is 23.6 Å². The summed E-state index contributed by atoms with van der Waals surface area (Å²) in [5, 5.41) is 8.99. The van der Waals surface area contributed by atoms with Crippen molar-refractivity contribution in [3.8, 4) is 0 Å². The van der Waals surface area contributed by atoms with E-state index in [-0.39, 0.29) is 12.6 Å². The summed E-state index contributed by atoms with van der Waals surface area (Å²) < 4.78 is 5.80. The van der Waals surface area contributed by atoms with Gasteiger partial charge < -0.3 is 9.84 Å². The fraction of sp³-hybridized carbons (Fsp3) is 0.929. The topological polar surface area (TPSA) is 53.0 Å². The third-order valence-electron chi connectivity index (χ3n) is 3.93. The smallest absolute Gasteiger partial charge is 0.317 e. The van der Waals surface area contributed by atoms with Gasteiger partial charge in [-0.1, -0.05) is 0 Å². The standard InChI is InChI=1S/C14H26N2O3/c1-11(2)16-5-6-19-13(9-16)8-15(10-14(17)18)7-12-3-4-12/h11-13H,3-10H2,1-2H3,(H,17,18). The number of aliphatic carboxylic acids is 1. The molecule has 1 saturated carbocycles. The summed E-state index contributed by atoms with van der Waals surface area (Å²) in [6, 6.07) is 0.530. The predicted octanol–water partition coefficient (Wildman–Crippen LogP) is 0.892. The number of hydrogen-bond acceptors (Lipinski definition) is 4. The van der Waals surface area contributed by atoms with E-state index in [0.717, 1.165) is 32.8 Å². The molecule has 0 aromatic rings. The van der Waals surface area contributed by atoms with Crippen molar-refractivity contribution in [3.63, 3.8) is 0 Å². The fourth-order valence-electron chi connectivity index (χ4n) is 2.67. The highest BCUT2D eigenvalue weighted by atomic mass is 16.5. The van der Waals surface area contributed by atoms with Crippen LogP contribution in [0.3, 0.4) is 0 Å². The van der Waals surface area contributed by atoms with Crippen LogP contribution in [0.5, 0.6) is 0 Å². The van der Waals surface area contributed by atoms with E-state index >= 15 is 0 Å². The monoisotopic (exact) mass is 270 g/mol. The van der Waals surface area contributed by atoms with Gasteiger partial charge in [0, 0.05) is 32.2 Å². The second-order valence-electron chi connectivity index (χ2n) is 6.11. The number of carboxylic acid groups (broad SMARTS) is 1. The largest absolute Gasteiger partial charge is 0.480 e. The summed E-state index contributed by atoms with van der Waals surface area (Å²) in [6.07, 6.45) is 2.65. The minimum atomic E-state index is -0.739. The van der Waals surface area contributed by atoms with E-state index in [1.807, 2.05) is 0 Å². The van der Waals surface area contributed by atoms with Crippen molar-refractivity contribution in [1.82, 2.24) is 9.80 Å². The molecule has 0 bridgehead atoms. The molecule has 0 spiro atoms. The number of nitrogens with zero attached hydrogens (tertiary/aromatic N) is 2. The van der Waals surface area contributed by atoms with Crippen LogP contribution in [0.1, 0.15) is 26.7 Å². The lowest BCUT2D eigenvalue weighted by atomic mass is 10.2. The first-order chi connectivity index (χ1) is 9.04. The molecule has 0 aromatic carbocycles. The molecule has 1 aliphatic carbocycles. The lowest BCUT2D eigenvalue weighted by Crippen LogP contribution is -2.50. The summed E-state index contributed by atoms with van der Waals surface area (Å²) in [5.74, 6) is -0.0266. The van der Waals surface area contributed by atoms with Crippen LogP contribution in [0, 0.1) is 5.92 Å². The molecular formula is C14H26N2O3. The number of morpholine rings is 1. The molecule has 19 heavy (non-hydrogen) atoms. The van der Waals surface area contributed by atoms with E-state index in [1.54, 1.807) is 0 Å². The van der Waals surface area contributed by atoms with Crippen LogP contribution >= 0.6 is 0 Å². The zero-order valence-corrected chi connectivity index (χ0v) is 12.0. The van der Waals surface area contributed by atoms with Gasteiger partial charge in [-0.3, -0.25) is 14.6 Å². The number of hydrogen-bond donors (Lipinski definition) is 1. The van der Waals surface area contributed by atoms with Crippen LogP contribution in [-0.4, -0.2) is 72.4 Å². The van der Waals surface area contributed by atoms with Gasteiger partial charge >= 0.3 is 5.97 Å². The average molecular weight is 270 g/mol. The summed E-state index contributed by atoms with van der Waals surface area (Å²) >= 11 is 0. The summed E-state index contributed by atoms with van der Waals surface area (Å²) in [7, 11) is 0. The minimum Gasteiger partial charge on any atom is -0.480 e. The number of carbonyl (C=O) groups is 1.